The molecule has 144 valence electrons. The molecule has 0 bridgehead atoms. The summed E-state index contributed by atoms with van der Waals surface area (Å²) < 4.78 is 20.4. The Kier molecular flexibility index (Phi) is 7.49. The number of carbonyl (C=O) groups is 2. The molecule has 0 aliphatic carbocycles. The maximum absolute atomic E-state index is 12.1. The summed E-state index contributed by atoms with van der Waals surface area (Å²) in [5, 5.41) is 2.71. The van der Waals surface area contributed by atoms with Crippen LogP contribution in [0.25, 0.3) is 0 Å². The zero-order valence-corrected chi connectivity index (χ0v) is 15.6. The molecule has 0 aliphatic rings. The molecule has 1 N–H and O–H groups in total. The number of amides is 1. The normalized spacial score (nSPS) is 10.0. The van der Waals surface area contributed by atoms with Crippen LogP contribution in [0.2, 0.25) is 0 Å². The number of benzene rings is 2. The van der Waals surface area contributed by atoms with E-state index in [1.807, 2.05) is 24.3 Å². The molecule has 7 nitrogen and oxygen atoms in total. The number of ether oxygens (including phenoxy) is 4. The minimum Gasteiger partial charge on any atom is -0.497 e. The van der Waals surface area contributed by atoms with E-state index in [1.54, 1.807) is 13.2 Å². The third-order valence-electron chi connectivity index (χ3n) is 3.82. The highest BCUT2D eigenvalue weighted by Crippen LogP contribution is 2.22. The lowest BCUT2D eigenvalue weighted by atomic mass is 10.1. The second kappa shape index (κ2) is 10.1. The first-order valence-electron chi connectivity index (χ1n) is 8.35. The highest BCUT2D eigenvalue weighted by Gasteiger charge is 2.13. The molecule has 27 heavy (non-hydrogen) atoms. The molecule has 0 aliphatic heterocycles. The van der Waals surface area contributed by atoms with Gasteiger partial charge >= 0.3 is 5.97 Å². The molecule has 0 atom stereocenters. The number of hydrogen-bond acceptors (Lipinski definition) is 6. The van der Waals surface area contributed by atoms with Crippen LogP contribution in [0.3, 0.4) is 0 Å². The van der Waals surface area contributed by atoms with Gasteiger partial charge in [-0.15, -0.1) is 0 Å². The van der Waals surface area contributed by atoms with Crippen molar-refractivity contribution in [3.63, 3.8) is 0 Å². The monoisotopic (exact) mass is 373 g/mol. The van der Waals surface area contributed by atoms with Gasteiger partial charge in [-0.25, -0.2) is 4.79 Å². The predicted octanol–water partition coefficient (Wildman–Crippen LogP) is 2.23. The highest BCUT2D eigenvalue weighted by molar-refractivity contribution is 5.92. The van der Waals surface area contributed by atoms with Gasteiger partial charge in [-0.2, -0.15) is 0 Å². The summed E-state index contributed by atoms with van der Waals surface area (Å²) in [4.78, 5) is 24.0. The summed E-state index contributed by atoms with van der Waals surface area (Å²) in [5.74, 6) is 0.712. The summed E-state index contributed by atoms with van der Waals surface area (Å²) >= 11 is 0. The lowest BCUT2D eigenvalue weighted by molar-refractivity contribution is -0.124. The highest BCUT2D eigenvalue weighted by atomic mass is 16.5. The molecule has 2 rings (SSSR count). The van der Waals surface area contributed by atoms with Crippen molar-refractivity contribution >= 4 is 11.9 Å². The molecule has 7 heteroatoms. The fourth-order valence-electron chi connectivity index (χ4n) is 2.33. The standard InChI is InChI=1S/C20H23NO6/c1-24-16-6-4-14(5-7-16)8-9-21-19(22)13-27-20(23)15-10-17(25-2)12-18(11-15)26-3/h4-7,10-12H,8-9,13H2,1-3H3,(H,21,22). The van der Waals surface area contributed by atoms with Crippen LogP contribution < -0.4 is 19.5 Å². The summed E-state index contributed by atoms with van der Waals surface area (Å²) in [6.45, 7) is 0.0800. The molecule has 0 saturated carbocycles. The second-order valence-electron chi connectivity index (χ2n) is 5.63. The smallest absolute Gasteiger partial charge is 0.338 e. The predicted molar refractivity (Wildman–Crippen MR) is 99.5 cm³/mol. The Morgan fingerprint density at radius 3 is 2.00 bits per heavy atom. The van der Waals surface area contributed by atoms with E-state index in [1.165, 1.54) is 26.4 Å². The molecule has 0 fully saturated rings. The zero-order chi connectivity index (χ0) is 19.6. The molecule has 0 unspecified atom stereocenters. The summed E-state index contributed by atoms with van der Waals surface area (Å²) in [5.41, 5.74) is 1.31. The average Bonchev–Trinajstić information content (AvgIpc) is 2.72. The molecule has 2 aromatic rings. The topological polar surface area (TPSA) is 83.1 Å². The molecular weight excluding hydrogens is 350 g/mol. The van der Waals surface area contributed by atoms with E-state index in [4.69, 9.17) is 18.9 Å². The molecule has 0 spiro atoms. The Morgan fingerprint density at radius 2 is 1.44 bits per heavy atom. The van der Waals surface area contributed by atoms with E-state index >= 15 is 0 Å². The Morgan fingerprint density at radius 1 is 0.852 bits per heavy atom. The summed E-state index contributed by atoms with van der Waals surface area (Å²) in [6, 6.07) is 12.3. The van der Waals surface area contributed by atoms with Crippen molar-refractivity contribution in [2.75, 3.05) is 34.5 Å². The first-order chi connectivity index (χ1) is 13.0. The third kappa shape index (κ3) is 6.22. The van der Waals surface area contributed by atoms with E-state index in [-0.39, 0.29) is 18.1 Å². The van der Waals surface area contributed by atoms with Crippen molar-refractivity contribution in [1.29, 1.82) is 0 Å². The molecule has 0 aromatic heterocycles. The molecule has 0 radical (unpaired) electrons. The maximum atomic E-state index is 12.1. The van der Waals surface area contributed by atoms with Gasteiger partial charge in [0.15, 0.2) is 6.61 Å². The molecule has 2 aromatic carbocycles. The van der Waals surface area contributed by atoms with Gasteiger partial charge in [-0.1, -0.05) is 12.1 Å². The van der Waals surface area contributed by atoms with Gasteiger partial charge in [0, 0.05) is 12.6 Å². The van der Waals surface area contributed by atoms with Crippen LogP contribution in [-0.2, 0) is 16.0 Å². The van der Waals surface area contributed by atoms with Crippen molar-refractivity contribution in [3.8, 4) is 17.2 Å². The molecular formula is C20H23NO6. The van der Waals surface area contributed by atoms with Gasteiger partial charge in [-0.05, 0) is 36.2 Å². The number of rotatable bonds is 9. The lowest BCUT2D eigenvalue weighted by Gasteiger charge is -2.09. The maximum Gasteiger partial charge on any atom is 0.338 e. The van der Waals surface area contributed by atoms with Crippen LogP contribution >= 0.6 is 0 Å². The van der Waals surface area contributed by atoms with E-state index < -0.39 is 5.97 Å². The van der Waals surface area contributed by atoms with Crippen LogP contribution in [0.15, 0.2) is 42.5 Å². The summed E-state index contributed by atoms with van der Waals surface area (Å²) in [6.07, 6.45) is 0.663. The number of nitrogens with one attached hydrogen (secondary N) is 1. The third-order valence-corrected chi connectivity index (χ3v) is 3.82. The fraction of sp³-hybridized carbons (Fsp3) is 0.300. The number of methoxy groups -OCH3 is 3. The van der Waals surface area contributed by atoms with E-state index in [9.17, 15) is 9.59 Å². The van der Waals surface area contributed by atoms with Crippen LogP contribution in [0, 0.1) is 0 Å². The Hall–Kier alpha value is -3.22. The van der Waals surface area contributed by atoms with Crippen molar-refractivity contribution in [1.82, 2.24) is 5.32 Å². The first-order valence-corrected chi connectivity index (χ1v) is 8.35. The summed E-state index contributed by atoms with van der Waals surface area (Å²) in [7, 11) is 4.58. The van der Waals surface area contributed by atoms with Crippen molar-refractivity contribution in [3.05, 3.63) is 53.6 Å². The molecule has 0 saturated heterocycles. The van der Waals surface area contributed by atoms with Gasteiger partial charge in [0.25, 0.3) is 5.91 Å². The minimum absolute atomic E-state index is 0.247. The van der Waals surface area contributed by atoms with Crippen molar-refractivity contribution in [2.24, 2.45) is 0 Å². The Bertz CT molecular complexity index is 750. The van der Waals surface area contributed by atoms with Gasteiger partial charge < -0.3 is 24.3 Å². The van der Waals surface area contributed by atoms with Crippen LogP contribution in [0.4, 0.5) is 0 Å². The average molecular weight is 373 g/mol. The Labute approximate surface area is 158 Å². The van der Waals surface area contributed by atoms with Gasteiger partial charge in [-0.3, -0.25) is 4.79 Å². The Balaban J connectivity index is 1.78. The van der Waals surface area contributed by atoms with Gasteiger partial charge in [0.1, 0.15) is 17.2 Å². The SMILES string of the molecule is COc1ccc(CCNC(=O)COC(=O)c2cc(OC)cc(OC)c2)cc1. The zero-order valence-electron chi connectivity index (χ0n) is 15.6. The van der Waals surface area contributed by atoms with E-state index in [0.29, 0.717) is 24.5 Å². The fourth-order valence-corrected chi connectivity index (χ4v) is 2.33. The first kappa shape index (κ1) is 20.1. The number of carbonyl (C=O) groups excluding carboxylic acids is 2. The second-order valence-corrected chi connectivity index (χ2v) is 5.63. The lowest BCUT2D eigenvalue weighted by Crippen LogP contribution is -2.30. The van der Waals surface area contributed by atoms with Crippen molar-refractivity contribution < 1.29 is 28.5 Å². The molecule has 0 heterocycles. The van der Waals surface area contributed by atoms with Gasteiger partial charge in [0.05, 0.1) is 26.9 Å². The largest absolute Gasteiger partial charge is 0.497 e. The molecule has 1 amide bonds. The number of hydrogen-bond donors (Lipinski definition) is 1. The number of esters is 1. The van der Waals surface area contributed by atoms with Crippen LogP contribution in [0.5, 0.6) is 17.2 Å². The van der Waals surface area contributed by atoms with Crippen LogP contribution in [-0.4, -0.2) is 46.4 Å². The van der Waals surface area contributed by atoms with Crippen LogP contribution in [0.1, 0.15) is 15.9 Å². The van der Waals surface area contributed by atoms with Gasteiger partial charge in [0.2, 0.25) is 0 Å². The minimum atomic E-state index is -0.627. The van der Waals surface area contributed by atoms with E-state index in [2.05, 4.69) is 5.32 Å². The van der Waals surface area contributed by atoms with E-state index in [0.717, 1.165) is 11.3 Å². The van der Waals surface area contributed by atoms with Crippen molar-refractivity contribution in [2.45, 2.75) is 6.42 Å². The quantitative estimate of drug-likeness (QED) is 0.679.